The van der Waals surface area contributed by atoms with Gasteiger partial charge in [-0.1, -0.05) is 129 Å². The van der Waals surface area contributed by atoms with Gasteiger partial charge in [0.25, 0.3) is 0 Å². The minimum Gasteiger partial charge on any atom is -0.345 e. The smallest absolute Gasteiger partial charge is 0.0709 e. The molecule has 1 aliphatic carbocycles. The number of hydrogen-bond acceptors (Lipinski definition) is 2. The van der Waals surface area contributed by atoms with Gasteiger partial charge in [-0.15, -0.1) is 0 Å². The van der Waals surface area contributed by atoms with E-state index in [9.17, 15) is 0 Å². The van der Waals surface area contributed by atoms with Crippen molar-refractivity contribution < 1.29 is 0 Å². The normalized spacial score (nSPS) is 15.3. The van der Waals surface area contributed by atoms with Crippen molar-refractivity contribution in [1.29, 1.82) is 0 Å². The number of allylic oxidation sites excluding steroid dienone is 8. The Hall–Kier alpha value is -5.86. The Bertz CT molecular complexity index is 1960. The SMILES string of the molecule is C=C/C=C\C(=C)C1(c2ccccc2)c2cc(N(C)/C(C=C)=C/C=C\C)ccc2-c2ccc(N(c3ccccc3)c3ccccc3)cc21. The second kappa shape index (κ2) is 13.6. The summed E-state index contributed by atoms with van der Waals surface area (Å²) in [5.74, 6) is 0. The number of para-hydroxylation sites is 2. The lowest BCUT2D eigenvalue weighted by Gasteiger charge is -2.35. The molecule has 0 saturated heterocycles. The molecule has 0 radical (unpaired) electrons. The monoisotopic (exact) mass is 608 g/mol. The summed E-state index contributed by atoms with van der Waals surface area (Å²) in [4.78, 5) is 4.51. The highest BCUT2D eigenvalue weighted by Crippen LogP contribution is 2.58. The molecule has 0 amide bonds. The van der Waals surface area contributed by atoms with Crippen molar-refractivity contribution in [3.63, 3.8) is 0 Å². The zero-order chi connectivity index (χ0) is 32.8. The Morgan fingerprint density at radius 2 is 1.17 bits per heavy atom. The van der Waals surface area contributed by atoms with Gasteiger partial charge in [-0.05, 0) is 101 Å². The fourth-order valence-electron chi connectivity index (χ4n) is 6.75. The van der Waals surface area contributed by atoms with Crippen LogP contribution in [0.1, 0.15) is 23.6 Å². The van der Waals surface area contributed by atoms with Crippen LogP contribution in [0.15, 0.2) is 201 Å². The number of likely N-dealkylation sites (N-methyl/N-ethyl adjacent to an activating group) is 1. The van der Waals surface area contributed by atoms with E-state index >= 15 is 0 Å². The second-order valence-electron chi connectivity index (χ2n) is 11.6. The van der Waals surface area contributed by atoms with E-state index in [1.54, 1.807) is 0 Å². The first-order chi connectivity index (χ1) is 23.0. The molecule has 5 aromatic carbocycles. The molecular formula is C45H40N2. The van der Waals surface area contributed by atoms with Gasteiger partial charge < -0.3 is 9.80 Å². The van der Waals surface area contributed by atoms with Crippen LogP contribution in [0, 0.1) is 0 Å². The van der Waals surface area contributed by atoms with Gasteiger partial charge in [0.1, 0.15) is 0 Å². The third-order valence-corrected chi connectivity index (χ3v) is 8.96. The van der Waals surface area contributed by atoms with Gasteiger partial charge >= 0.3 is 0 Å². The van der Waals surface area contributed by atoms with Gasteiger partial charge in [0.05, 0.1) is 5.41 Å². The molecule has 0 aliphatic heterocycles. The molecule has 0 heterocycles. The maximum absolute atomic E-state index is 4.78. The van der Waals surface area contributed by atoms with E-state index < -0.39 is 5.41 Å². The van der Waals surface area contributed by atoms with E-state index in [0.717, 1.165) is 39.6 Å². The number of rotatable bonds is 11. The third-order valence-electron chi connectivity index (χ3n) is 8.96. The lowest BCUT2D eigenvalue weighted by Crippen LogP contribution is -2.29. The molecule has 5 aromatic rings. The van der Waals surface area contributed by atoms with Gasteiger partial charge in [0, 0.05) is 35.5 Å². The highest BCUT2D eigenvalue weighted by molar-refractivity contribution is 5.91. The Kier molecular flexibility index (Phi) is 9.04. The van der Waals surface area contributed by atoms with Crippen LogP contribution in [0.5, 0.6) is 0 Å². The van der Waals surface area contributed by atoms with Crippen LogP contribution in [-0.2, 0) is 5.41 Å². The predicted octanol–water partition coefficient (Wildman–Crippen LogP) is 11.9. The average molecular weight is 609 g/mol. The first kappa shape index (κ1) is 31.1. The highest BCUT2D eigenvalue weighted by Gasteiger charge is 2.46. The van der Waals surface area contributed by atoms with Crippen LogP contribution < -0.4 is 9.80 Å². The molecule has 1 aliphatic rings. The van der Waals surface area contributed by atoms with Crippen LogP contribution >= 0.6 is 0 Å². The average Bonchev–Trinajstić information content (AvgIpc) is 3.42. The summed E-state index contributed by atoms with van der Waals surface area (Å²) in [6.07, 6.45) is 14.0. The number of nitrogens with zero attached hydrogens (tertiary/aromatic N) is 2. The molecule has 0 N–H and O–H groups in total. The van der Waals surface area contributed by atoms with E-state index in [2.05, 4.69) is 170 Å². The van der Waals surface area contributed by atoms with Crippen LogP contribution in [-0.4, -0.2) is 7.05 Å². The predicted molar refractivity (Wildman–Crippen MR) is 203 cm³/mol. The minimum absolute atomic E-state index is 0.654. The summed E-state index contributed by atoms with van der Waals surface area (Å²) >= 11 is 0. The van der Waals surface area contributed by atoms with Gasteiger partial charge in [-0.25, -0.2) is 0 Å². The zero-order valence-electron chi connectivity index (χ0n) is 27.2. The van der Waals surface area contributed by atoms with Crippen molar-refractivity contribution in [1.82, 2.24) is 0 Å². The summed E-state index contributed by atoms with van der Waals surface area (Å²) < 4.78 is 0. The molecule has 0 aromatic heterocycles. The van der Waals surface area contributed by atoms with E-state index in [-0.39, 0.29) is 0 Å². The van der Waals surface area contributed by atoms with Gasteiger partial charge in [-0.3, -0.25) is 0 Å². The van der Waals surface area contributed by atoms with Crippen LogP contribution in [0.3, 0.4) is 0 Å². The van der Waals surface area contributed by atoms with Crippen LogP contribution in [0.2, 0.25) is 0 Å². The topological polar surface area (TPSA) is 6.48 Å². The third kappa shape index (κ3) is 5.60. The van der Waals surface area contributed by atoms with E-state index in [1.165, 1.54) is 22.3 Å². The molecule has 1 atom stereocenters. The number of benzene rings is 5. The quantitative estimate of drug-likeness (QED) is 0.138. The molecule has 0 spiro atoms. The van der Waals surface area contributed by atoms with Gasteiger partial charge in [0.15, 0.2) is 0 Å². The Balaban J connectivity index is 1.65. The second-order valence-corrected chi connectivity index (χ2v) is 11.6. The van der Waals surface area contributed by atoms with Crippen molar-refractivity contribution in [2.45, 2.75) is 12.3 Å². The first-order valence-electron chi connectivity index (χ1n) is 16.0. The summed E-state index contributed by atoms with van der Waals surface area (Å²) in [6, 6.07) is 45.5. The van der Waals surface area contributed by atoms with Crippen LogP contribution in [0.25, 0.3) is 11.1 Å². The van der Waals surface area contributed by atoms with Crippen LogP contribution in [0.4, 0.5) is 22.7 Å². The molecule has 0 bridgehead atoms. The Morgan fingerprint density at radius 1 is 0.638 bits per heavy atom. The van der Waals surface area contributed by atoms with Gasteiger partial charge in [-0.2, -0.15) is 0 Å². The number of fused-ring (bicyclic) bond motifs is 3. The van der Waals surface area contributed by atoms with Crippen molar-refractivity contribution in [3.8, 4) is 11.1 Å². The molecule has 2 heteroatoms. The minimum atomic E-state index is -0.654. The van der Waals surface area contributed by atoms with E-state index in [0.29, 0.717) is 0 Å². The summed E-state index contributed by atoms with van der Waals surface area (Å²) in [6.45, 7) is 14.9. The van der Waals surface area contributed by atoms with Crippen molar-refractivity contribution in [2.24, 2.45) is 0 Å². The molecule has 6 rings (SSSR count). The molecule has 1 unspecified atom stereocenters. The Morgan fingerprint density at radius 3 is 1.70 bits per heavy atom. The largest absolute Gasteiger partial charge is 0.345 e. The standard InChI is InChI=1S/C45H40N2/c1-6-9-20-34(4)45(35-21-14-11-15-22-35)43-32-39(46(5)36(8-3)23-10-7-2)28-30-41(43)42-31-29-40(33-44(42)45)47(37-24-16-12-17-25-37)38-26-18-13-19-27-38/h6-33H,1,3-4H2,2,5H3/b10-7-,20-9-,36-23+. The fourth-order valence-corrected chi connectivity index (χ4v) is 6.75. The maximum atomic E-state index is 4.78. The van der Waals surface area contributed by atoms with Crippen molar-refractivity contribution >= 4 is 22.7 Å². The molecule has 47 heavy (non-hydrogen) atoms. The zero-order valence-corrected chi connectivity index (χ0v) is 27.2. The molecule has 2 nitrogen and oxygen atoms in total. The summed E-state index contributed by atoms with van der Waals surface area (Å²) in [5, 5.41) is 0. The maximum Gasteiger partial charge on any atom is 0.0709 e. The van der Waals surface area contributed by atoms with Crippen molar-refractivity contribution in [2.75, 3.05) is 16.8 Å². The number of anilines is 4. The number of hydrogen-bond donors (Lipinski definition) is 0. The molecule has 230 valence electrons. The lowest BCUT2D eigenvalue weighted by molar-refractivity contribution is 0.770. The summed E-state index contributed by atoms with van der Waals surface area (Å²) in [7, 11) is 2.09. The Labute approximate surface area is 280 Å². The van der Waals surface area contributed by atoms with E-state index in [1.807, 2.05) is 37.3 Å². The molecule has 0 saturated carbocycles. The fraction of sp³-hybridized carbons (Fsp3) is 0.0667. The van der Waals surface area contributed by atoms with E-state index in [4.69, 9.17) is 6.58 Å². The molecular weight excluding hydrogens is 569 g/mol. The van der Waals surface area contributed by atoms with Gasteiger partial charge in [0.2, 0.25) is 0 Å². The highest BCUT2D eigenvalue weighted by atomic mass is 15.1. The summed E-state index contributed by atoms with van der Waals surface area (Å²) in [5.41, 5.74) is 11.6. The van der Waals surface area contributed by atoms with Crippen molar-refractivity contribution in [3.05, 3.63) is 218 Å². The first-order valence-corrected chi connectivity index (χ1v) is 16.0. The molecule has 0 fully saturated rings. The lowest BCUT2D eigenvalue weighted by atomic mass is 9.67.